The molecular weight excluding hydrogens is 296 g/mol. The maximum atomic E-state index is 13.0. The lowest BCUT2D eigenvalue weighted by Gasteiger charge is -2.24. The Labute approximate surface area is 96.0 Å². The van der Waals surface area contributed by atoms with Gasteiger partial charge in [-0.1, -0.05) is 6.07 Å². The molecule has 0 aliphatic carbocycles. The molecule has 1 saturated heterocycles. The minimum absolute atomic E-state index is 0.161. The van der Waals surface area contributed by atoms with Crippen LogP contribution in [0.4, 0.5) is 4.39 Å². The summed E-state index contributed by atoms with van der Waals surface area (Å²) in [5.41, 5.74) is 1.09. The van der Waals surface area contributed by atoms with E-state index < -0.39 is 0 Å². The average Bonchev–Trinajstić information content (AvgIpc) is 2.23. The second-order valence-corrected chi connectivity index (χ2v) is 4.42. The van der Waals surface area contributed by atoms with Gasteiger partial charge in [0.15, 0.2) is 0 Å². The van der Waals surface area contributed by atoms with Crippen molar-refractivity contribution in [2.24, 2.45) is 0 Å². The van der Waals surface area contributed by atoms with E-state index in [-0.39, 0.29) is 11.9 Å². The fourth-order valence-electron chi connectivity index (χ4n) is 1.51. The number of benzene rings is 1. The summed E-state index contributed by atoms with van der Waals surface area (Å²) in [5, 5.41) is 3.33. The number of hydrogen-bond acceptors (Lipinski definition) is 2. The zero-order valence-corrected chi connectivity index (χ0v) is 9.75. The first-order chi connectivity index (χ1) is 6.77. The van der Waals surface area contributed by atoms with E-state index in [0.29, 0.717) is 10.2 Å². The number of ether oxygens (including phenoxy) is 1. The molecule has 1 aromatic carbocycles. The van der Waals surface area contributed by atoms with Crippen LogP contribution in [0.25, 0.3) is 0 Å². The minimum Gasteiger partial charge on any atom is -0.378 e. The summed E-state index contributed by atoms with van der Waals surface area (Å²) in [7, 11) is 0. The lowest BCUT2D eigenvalue weighted by molar-refractivity contribution is 0.0768. The highest BCUT2D eigenvalue weighted by Gasteiger charge is 2.15. The molecule has 0 radical (unpaired) electrons. The van der Waals surface area contributed by atoms with Crippen molar-refractivity contribution < 1.29 is 9.13 Å². The first-order valence-electron chi connectivity index (χ1n) is 4.53. The topological polar surface area (TPSA) is 21.3 Å². The number of nitrogens with one attached hydrogen (secondary N) is 1. The SMILES string of the molecule is Fc1ccc(C2COCCN2)cc1I. The van der Waals surface area contributed by atoms with Crippen LogP contribution in [0.3, 0.4) is 0 Å². The van der Waals surface area contributed by atoms with Crippen LogP contribution >= 0.6 is 22.6 Å². The van der Waals surface area contributed by atoms with E-state index in [4.69, 9.17) is 4.74 Å². The third-order valence-corrected chi connectivity index (χ3v) is 3.09. The first-order valence-corrected chi connectivity index (χ1v) is 5.61. The summed E-state index contributed by atoms with van der Waals surface area (Å²) < 4.78 is 19.0. The van der Waals surface area contributed by atoms with Crippen molar-refractivity contribution in [3.8, 4) is 0 Å². The Bertz CT molecular complexity index is 326. The van der Waals surface area contributed by atoms with Gasteiger partial charge in [-0.15, -0.1) is 0 Å². The lowest BCUT2D eigenvalue weighted by atomic mass is 10.1. The molecule has 1 heterocycles. The molecule has 0 aromatic heterocycles. The molecule has 0 spiro atoms. The van der Waals surface area contributed by atoms with Crippen molar-refractivity contribution in [3.63, 3.8) is 0 Å². The Balaban J connectivity index is 2.18. The highest BCUT2D eigenvalue weighted by molar-refractivity contribution is 14.1. The molecule has 14 heavy (non-hydrogen) atoms. The van der Waals surface area contributed by atoms with Gasteiger partial charge in [-0.05, 0) is 40.3 Å². The second kappa shape index (κ2) is 4.55. The standard InChI is InChI=1S/C10H11FINO/c11-8-2-1-7(5-9(8)12)10-6-14-4-3-13-10/h1-2,5,10,13H,3-4,6H2. The molecule has 1 aliphatic heterocycles. The van der Waals surface area contributed by atoms with Crippen LogP contribution in [0.5, 0.6) is 0 Å². The molecule has 1 aliphatic rings. The quantitative estimate of drug-likeness (QED) is 0.802. The van der Waals surface area contributed by atoms with Crippen molar-refractivity contribution in [1.82, 2.24) is 5.32 Å². The Morgan fingerprint density at radius 2 is 2.36 bits per heavy atom. The molecule has 0 bridgehead atoms. The maximum absolute atomic E-state index is 13.0. The second-order valence-electron chi connectivity index (χ2n) is 3.26. The van der Waals surface area contributed by atoms with Gasteiger partial charge in [-0.3, -0.25) is 0 Å². The van der Waals surface area contributed by atoms with E-state index in [9.17, 15) is 4.39 Å². The minimum atomic E-state index is -0.161. The molecule has 2 rings (SSSR count). The normalized spacial score (nSPS) is 22.3. The van der Waals surface area contributed by atoms with E-state index >= 15 is 0 Å². The Morgan fingerprint density at radius 3 is 3.00 bits per heavy atom. The van der Waals surface area contributed by atoms with Gasteiger partial charge in [0.05, 0.1) is 19.3 Å². The highest BCUT2D eigenvalue weighted by atomic mass is 127. The van der Waals surface area contributed by atoms with Gasteiger partial charge < -0.3 is 10.1 Å². The van der Waals surface area contributed by atoms with Gasteiger partial charge in [0.25, 0.3) is 0 Å². The van der Waals surface area contributed by atoms with Gasteiger partial charge >= 0.3 is 0 Å². The number of rotatable bonds is 1. The van der Waals surface area contributed by atoms with Crippen molar-refractivity contribution in [1.29, 1.82) is 0 Å². The van der Waals surface area contributed by atoms with Gasteiger partial charge in [-0.2, -0.15) is 0 Å². The van der Waals surface area contributed by atoms with Crippen LogP contribution < -0.4 is 5.32 Å². The first kappa shape index (κ1) is 10.3. The van der Waals surface area contributed by atoms with E-state index in [2.05, 4.69) is 5.32 Å². The summed E-state index contributed by atoms with van der Waals surface area (Å²) in [5.74, 6) is -0.161. The molecule has 0 amide bonds. The van der Waals surface area contributed by atoms with Crippen LogP contribution in [0.15, 0.2) is 18.2 Å². The molecule has 0 saturated carbocycles. The Kier molecular flexibility index (Phi) is 3.35. The van der Waals surface area contributed by atoms with Crippen molar-refractivity contribution in [2.45, 2.75) is 6.04 Å². The summed E-state index contributed by atoms with van der Waals surface area (Å²) in [6.45, 7) is 2.29. The molecule has 1 fully saturated rings. The number of halogens is 2. The molecule has 1 aromatic rings. The number of hydrogen-bond donors (Lipinski definition) is 1. The molecule has 1 atom stereocenters. The molecule has 76 valence electrons. The van der Waals surface area contributed by atoms with E-state index in [1.54, 1.807) is 0 Å². The molecule has 2 nitrogen and oxygen atoms in total. The molecule has 1 unspecified atom stereocenters. The summed E-state index contributed by atoms with van der Waals surface area (Å²) >= 11 is 2.00. The van der Waals surface area contributed by atoms with Gasteiger partial charge in [0.2, 0.25) is 0 Å². The van der Waals surface area contributed by atoms with Gasteiger partial charge in [0.1, 0.15) is 5.82 Å². The van der Waals surface area contributed by atoms with Crippen LogP contribution in [0.2, 0.25) is 0 Å². The van der Waals surface area contributed by atoms with Crippen LogP contribution in [-0.2, 0) is 4.74 Å². The van der Waals surface area contributed by atoms with Crippen molar-refractivity contribution >= 4 is 22.6 Å². The highest BCUT2D eigenvalue weighted by Crippen LogP contribution is 2.20. The van der Waals surface area contributed by atoms with Crippen LogP contribution in [0, 0.1) is 9.39 Å². The summed E-state index contributed by atoms with van der Waals surface area (Å²) in [6.07, 6.45) is 0. The number of morpholine rings is 1. The maximum Gasteiger partial charge on any atom is 0.136 e. The predicted octanol–water partition coefficient (Wildman–Crippen LogP) is 2.09. The summed E-state index contributed by atoms with van der Waals surface area (Å²) in [6, 6.07) is 5.39. The fourth-order valence-corrected chi connectivity index (χ4v) is 2.05. The molecule has 4 heteroatoms. The van der Waals surface area contributed by atoms with Crippen molar-refractivity contribution in [2.75, 3.05) is 19.8 Å². The fraction of sp³-hybridized carbons (Fsp3) is 0.400. The van der Waals surface area contributed by atoms with Crippen LogP contribution in [-0.4, -0.2) is 19.8 Å². The summed E-state index contributed by atoms with van der Waals surface area (Å²) in [4.78, 5) is 0. The smallest absolute Gasteiger partial charge is 0.136 e. The van der Waals surface area contributed by atoms with Crippen molar-refractivity contribution in [3.05, 3.63) is 33.1 Å². The Morgan fingerprint density at radius 1 is 1.50 bits per heavy atom. The van der Waals surface area contributed by atoms with Gasteiger partial charge in [-0.25, -0.2) is 4.39 Å². The zero-order chi connectivity index (χ0) is 9.97. The van der Waals surface area contributed by atoms with E-state index in [1.807, 2.05) is 34.7 Å². The molecule has 1 N–H and O–H groups in total. The average molecular weight is 307 g/mol. The lowest BCUT2D eigenvalue weighted by Crippen LogP contribution is -2.34. The monoisotopic (exact) mass is 307 g/mol. The van der Waals surface area contributed by atoms with Gasteiger partial charge in [0, 0.05) is 10.1 Å². The zero-order valence-electron chi connectivity index (χ0n) is 7.59. The van der Waals surface area contributed by atoms with E-state index in [1.165, 1.54) is 6.07 Å². The van der Waals surface area contributed by atoms with E-state index in [0.717, 1.165) is 18.7 Å². The third kappa shape index (κ3) is 2.24. The Hall–Kier alpha value is -0.200. The largest absolute Gasteiger partial charge is 0.378 e. The van der Waals surface area contributed by atoms with Crippen LogP contribution in [0.1, 0.15) is 11.6 Å². The third-order valence-electron chi connectivity index (χ3n) is 2.27. The predicted molar refractivity (Wildman–Crippen MR) is 60.7 cm³/mol. The molecular formula is C10H11FINO.